The van der Waals surface area contributed by atoms with Crippen LogP contribution in [0.1, 0.15) is 11.6 Å². The Morgan fingerprint density at radius 1 is 1.26 bits per heavy atom. The minimum absolute atomic E-state index is 0.0348. The summed E-state index contributed by atoms with van der Waals surface area (Å²) in [6, 6.07) is 10.6. The average Bonchev–Trinajstić information content (AvgIpc) is 2.79. The molecule has 0 amide bonds. The van der Waals surface area contributed by atoms with E-state index in [2.05, 4.69) is 5.32 Å². The summed E-state index contributed by atoms with van der Waals surface area (Å²) in [6.07, 6.45) is 0. The van der Waals surface area contributed by atoms with Gasteiger partial charge >= 0.3 is 0 Å². The third kappa shape index (κ3) is 3.49. The number of benzene rings is 2. The lowest BCUT2D eigenvalue weighted by molar-refractivity contribution is 0.307. The second-order valence-electron chi connectivity index (χ2n) is 5.25. The molecule has 0 radical (unpaired) electrons. The van der Waals surface area contributed by atoms with E-state index in [9.17, 15) is 12.8 Å². The number of sulfone groups is 1. The highest BCUT2D eigenvalue weighted by molar-refractivity contribution is 7.91. The van der Waals surface area contributed by atoms with Gasteiger partial charge in [-0.1, -0.05) is 29.8 Å². The van der Waals surface area contributed by atoms with E-state index >= 15 is 0 Å². The van der Waals surface area contributed by atoms with Crippen LogP contribution in [0.5, 0.6) is 5.75 Å². The zero-order valence-electron chi connectivity index (χ0n) is 12.1. The van der Waals surface area contributed by atoms with E-state index in [0.717, 1.165) is 5.56 Å². The van der Waals surface area contributed by atoms with Gasteiger partial charge < -0.3 is 10.1 Å². The summed E-state index contributed by atoms with van der Waals surface area (Å²) < 4.78 is 42.7. The van der Waals surface area contributed by atoms with Crippen molar-refractivity contribution >= 4 is 21.4 Å². The highest BCUT2D eigenvalue weighted by Gasteiger charge is 2.33. The number of ether oxygens (including phenoxy) is 1. The van der Waals surface area contributed by atoms with Crippen molar-refractivity contribution in [2.45, 2.75) is 10.9 Å². The zero-order valence-corrected chi connectivity index (χ0v) is 13.7. The molecular formula is C16H15ClFNO3S. The first-order valence-electron chi connectivity index (χ1n) is 7.10. The largest absolute Gasteiger partial charge is 0.491 e. The number of nitrogens with one attached hydrogen (secondary N) is 1. The Hall–Kier alpha value is -1.63. The number of halogens is 2. The Balaban J connectivity index is 1.59. The van der Waals surface area contributed by atoms with Crippen molar-refractivity contribution in [1.82, 2.24) is 5.32 Å². The van der Waals surface area contributed by atoms with Crippen LogP contribution in [0, 0.1) is 5.82 Å². The molecule has 122 valence electrons. The molecule has 0 aromatic heterocycles. The third-order valence-electron chi connectivity index (χ3n) is 3.66. The van der Waals surface area contributed by atoms with E-state index in [1.165, 1.54) is 18.2 Å². The molecule has 3 rings (SSSR count). The first-order chi connectivity index (χ1) is 11.0. The van der Waals surface area contributed by atoms with E-state index in [1.807, 2.05) is 12.1 Å². The molecule has 0 bridgehead atoms. The molecule has 0 saturated heterocycles. The first kappa shape index (κ1) is 16.2. The minimum Gasteiger partial charge on any atom is -0.491 e. The third-order valence-corrected chi connectivity index (χ3v) is 5.79. The normalized spacial score (nSPS) is 18.6. The fraction of sp³-hybridized carbons (Fsp3) is 0.250. The maximum Gasteiger partial charge on any atom is 0.180 e. The molecule has 1 aliphatic heterocycles. The van der Waals surface area contributed by atoms with Gasteiger partial charge in [-0.2, -0.15) is 0 Å². The summed E-state index contributed by atoms with van der Waals surface area (Å²) in [4.78, 5) is 0.381. The standard InChI is InChI=1S/C16H15ClFNO3S/c17-13-6-5-11(18)9-15(13)22-8-7-19-14-10-23(20,21)16-4-2-1-3-12(14)16/h1-6,9,14,19H,7-8,10H2. The molecule has 0 aliphatic carbocycles. The van der Waals surface area contributed by atoms with E-state index in [0.29, 0.717) is 16.5 Å². The maximum absolute atomic E-state index is 13.1. The molecule has 1 atom stereocenters. The lowest BCUT2D eigenvalue weighted by Crippen LogP contribution is -2.27. The second-order valence-corrected chi connectivity index (χ2v) is 7.66. The summed E-state index contributed by atoms with van der Waals surface area (Å²) in [6.45, 7) is 0.670. The van der Waals surface area contributed by atoms with Crippen LogP contribution >= 0.6 is 11.6 Å². The van der Waals surface area contributed by atoms with Crippen molar-refractivity contribution in [2.75, 3.05) is 18.9 Å². The van der Waals surface area contributed by atoms with Gasteiger partial charge in [0.25, 0.3) is 0 Å². The van der Waals surface area contributed by atoms with Gasteiger partial charge in [-0.15, -0.1) is 0 Å². The van der Waals surface area contributed by atoms with Gasteiger partial charge in [-0.3, -0.25) is 0 Å². The molecule has 1 unspecified atom stereocenters. The topological polar surface area (TPSA) is 55.4 Å². The van der Waals surface area contributed by atoms with Gasteiger partial charge in [0.15, 0.2) is 9.84 Å². The summed E-state index contributed by atoms with van der Waals surface area (Å²) >= 11 is 5.92. The summed E-state index contributed by atoms with van der Waals surface area (Å²) in [5.74, 6) is -0.117. The van der Waals surface area contributed by atoms with Crippen molar-refractivity contribution in [2.24, 2.45) is 0 Å². The first-order valence-corrected chi connectivity index (χ1v) is 9.13. The van der Waals surface area contributed by atoms with Gasteiger partial charge in [0, 0.05) is 18.7 Å². The fourth-order valence-corrected chi connectivity index (χ4v) is 4.54. The summed E-state index contributed by atoms with van der Waals surface area (Å²) in [7, 11) is -3.23. The predicted molar refractivity (Wildman–Crippen MR) is 86.1 cm³/mol. The number of hydrogen-bond acceptors (Lipinski definition) is 4. The number of hydrogen-bond donors (Lipinski definition) is 1. The monoisotopic (exact) mass is 355 g/mol. The van der Waals surface area contributed by atoms with E-state index < -0.39 is 15.7 Å². The molecule has 1 N–H and O–H groups in total. The Morgan fingerprint density at radius 2 is 2.04 bits per heavy atom. The van der Waals surface area contributed by atoms with Crippen molar-refractivity contribution in [3.63, 3.8) is 0 Å². The molecular weight excluding hydrogens is 341 g/mol. The van der Waals surface area contributed by atoms with Crippen LogP contribution in [0.15, 0.2) is 47.4 Å². The molecule has 2 aromatic carbocycles. The van der Waals surface area contributed by atoms with Crippen molar-refractivity contribution in [1.29, 1.82) is 0 Å². The Bertz CT molecular complexity index is 826. The lowest BCUT2D eigenvalue weighted by atomic mass is 10.1. The van der Waals surface area contributed by atoms with Crippen LogP contribution in [0.2, 0.25) is 5.02 Å². The Morgan fingerprint density at radius 3 is 2.87 bits per heavy atom. The molecule has 1 heterocycles. The Kier molecular flexibility index (Phi) is 4.57. The average molecular weight is 356 g/mol. The van der Waals surface area contributed by atoms with Crippen LogP contribution in [0.3, 0.4) is 0 Å². The predicted octanol–water partition coefficient (Wildman–Crippen LogP) is 2.98. The number of rotatable bonds is 5. The molecule has 0 saturated carbocycles. The van der Waals surface area contributed by atoms with Crippen LogP contribution in [-0.4, -0.2) is 27.3 Å². The minimum atomic E-state index is -3.23. The summed E-state index contributed by atoms with van der Waals surface area (Å²) in [5, 5.41) is 3.49. The van der Waals surface area contributed by atoms with Crippen LogP contribution < -0.4 is 10.1 Å². The zero-order chi connectivity index (χ0) is 16.4. The van der Waals surface area contributed by atoms with Gasteiger partial charge in [-0.05, 0) is 23.8 Å². The van der Waals surface area contributed by atoms with Crippen molar-refractivity contribution < 1.29 is 17.5 Å². The summed E-state index contributed by atoms with van der Waals surface area (Å²) in [5.41, 5.74) is 0.774. The van der Waals surface area contributed by atoms with Crippen molar-refractivity contribution in [3.8, 4) is 5.75 Å². The van der Waals surface area contributed by atoms with Crippen LogP contribution in [0.25, 0.3) is 0 Å². The van der Waals surface area contributed by atoms with Crippen LogP contribution in [-0.2, 0) is 9.84 Å². The van der Waals surface area contributed by atoms with E-state index in [1.54, 1.807) is 12.1 Å². The fourth-order valence-electron chi connectivity index (χ4n) is 2.60. The molecule has 0 spiro atoms. The molecule has 4 nitrogen and oxygen atoms in total. The molecule has 1 aliphatic rings. The van der Waals surface area contributed by atoms with Gasteiger partial charge in [-0.25, -0.2) is 12.8 Å². The van der Waals surface area contributed by atoms with E-state index in [4.69, 9.17) is 16.3 Å². The number of fused-ring (bicyclic) bond motifs is 1. The van der Waals surface area contributed by atoms with Crippen LogP contribution in [0.4, 0.5) is 4.39 Å². The smallest absolute Gasteiger partial charge is 0.180 e. The van der Waals surface area contributed by atoms with Gasteiger partial charge in [0.1, 0.15) is 18.2 Å². The maximum atomic E-state index is 13.1. The van der Waals surface area contributed by atoms with Gasteiger partial charge in [0.2, 0.25) is 0 Å². The van der Waals surface area contributed by atoms with E-state index in [-0.39, 0.29) is 24.2 Å². The SMILES string of the molecule is O=S1(=O)CC(NCCOc2cc(F)ccc2Cl)c2ccccc21. The molecule has 7 heteroatoms. The quantitative estimate of drug-likeness (QED) is 0.838. The lowest BCUT2D eigenvalue weighted by Gasteiger charge is -2.13. The highest BCUT2D eigenvalue weighted by Crippen LogP contribution is 2.32. The Labute approximate surface area is 139 Å². The highest BCUT2D eigenvalue weighted by atomic mass is 35.5. The molecule has 23 heavy (non-hydrogen) atoms. The second kappa shape index (κ2) is 6.47. The molecule has 2 aromatic rings. The van der Waals surface area contributed by atoms with Gasteiger partial charge in [0.05, 0.1) is 15.7 Å². The molecule has 0 fully saturated rings. The van der Waals surface area contributed by atoms with Crippen molar-refractivity contribution in [3.05, 3.63) is 58.9 Å².